The second-order valence-electron chi connectivity index (χ2n) is 5.45. The number of para-hydroxylation sites is 2. The van der Waals surface area contributed by atoms with Crippen molar-refractivity contribution in [2.75, 3.05) is 6.61 Å². The summed E-state index contributed by atoms with van der Waals surface area (Å²) in [5.41, 5.74) is 0.880. The lowest BCUT2D eigenvalue weighted by molar-refractivity contribution is -0.158. The summed E-state index contributed by atoms with van der Waals surface area (Å²) in [6.45, 7) is 4.72. The van der Waals surface area contributed by atoms with Crippen LogP contribution in [0.25, 0.3) is 0 Å². The molecule has 0 aromatic heterocycles. The van der Waals surface area contributed by atoms with Gasteiger partial charge in [0.1, 0.15) is 0 Å². The molecule has 1 unspecified atom stereocenters. The number of hydrogen-bond donors (Lipinski definition) is 3. The Balaban J connectivity index is 0.000000350. The van der Waals surface area contributed by atoms with Gasteiger partial charge in [-0.2, -0.15) is 0 Å². The summed E-state index contributed by atoms with van der Waals surface area (Å²) in [5.74, 6) is -2.19. The van der Waals surface area contributed by atoms with E-state index in [1.54, 1.807) is 36.4 Å². The molecule has 6 nitrogen and oxygen atoms in total. The molecule has 0 aliphatic carbocycles. The van der Waals surface area contributed by atoms with Gasteiger partial charge < -0.3 is 20.1 Å². The smallest absolute Gasteiger partial charge is 0.340 e. The van der Waals surface area contributed by atoms with Crippen LogP contribution in [-0.4, -0.2) is 33.9 Å². The Morgan fingerprint density at radius 2 is 1.50 bits per heavy atom. The highest BCUT2D eigenvalue weighted by Crippen LogP contribution is 2.22. The minimum Gasteiger partial charge on any atom is -0.504 e. The number of aliphatic hydroxyl groups is 1. The largest absolute Gasteiger partial charge is 0.504 e. The van der Waals surface area contributed by atoms with E-state index in [4.69, 9.17) is 20.1 Å². The lowest BCUT2D eigenvalue weighted by Gasteiger charge is -2.14. The van der Waals surface area contributed by atoms with Crippen LogP contribution in [-0.2, 0) is 14.3 Å². The summed E-state index contributed by atoms with van der Waals surface area (Å²) in [6.07, 6.45) is 0.215. The predicted octanol–water partition coefficient (Wildman–Crippen LogP) is 2.90. The fourth-order valence-electron chi connectivity index (χ4n) is 1.95. The molecule has 2 aromatic rings. The van der Waals surface area contributed by atoms with Gasteiger partial charge in [0, 0.05) is 12.2 Å². The molecule has 2 rings (SSSR count). The Bertz CT molecular complexity index is 718. The number of phenolic OH excluding ortho intramolecular Hbond substituents is 2. The molecule has 1 atom stereocenters. The van der Waals surface area contributed by atoms with Crippen molar-refractivity contribution in [2.24, 2.45) is 0 Å². The van der Waals surface area contributed by atoms with Gasteiger partial charge >= 0.3 is 11.9 Å². The number of benzene rings is 2. The molecule has 0 spiro atoms. The first-order valence-corrected chi connectivity index (χ1v) is 7.91. The minimum atomic E-state index is -0.737. The van der Waals surface area contributed by atoms with E-state index in [2.05, 4.69) is 6.58 Å². The third-order valence-electron chi connectivity index (χ3n) is 3.33. The first-order valence-electron chi connectivity index (χ1n) is 7.91. The normalized spacial score (nSPS) is 10.8. The molecule has 3 N–H and O–H groups in total. The molecule has 0 saturated carbocycles. The zero-order chi connectivity index (χ0) is 19.5. The first-order chi connectivity index (χ1) is 12.4. The summed E-state index contributed by atoms with van der Waals surface area (Å²) in [4.78, 5) is 23.1. The van der Waals surface area contributed by atoms with Crippen LogP contribution in [0.5, 0.6) is 11.5 Å². The number of esters is 2. The van der Waals surface area contributed by atoms with E-state index in [-0.39, 0.29) is 30.1 Å². The van der Waals surface area contributed by atoms with Gasteiger partial charge in [-0.25, -0.2) is 4.79 Å². The van der Waals surface area contributed by atoms with Crippen LogP contribution in [0.1, 0.15) is 24.8 Å². The Kier molecular flexibility index (Phi) is 8.60. The van der Waals surface area contributed by atoms with Gasteiger partial charge in [-0.1, -0.05) is 49.0 Å². The molecule has 0 fully saturated rings. The highest BCUT2D eigenvalue weighted by atomic mass is 16.6. The molecule has 0 saturated heterocycles. The molecule has 0 aliphatic rings. The van der Waals surface area contributed by atoms with Crippen molar-refractivity contribution in [1.82, 2.24) is 0 Å². The first kappa shape index (κ1) is 20.9. The summed E-state index contributed by atoms with van der Waals surface area (Å²) in [7, 11) is 0. The third-order valence-corrected chi connectivity index (χ3v) is 3.33. The minimum absolute atomic E-state index is 0.0764. The fraction of sp³-hybridized carbons (Fsp3) is 0.200. The molecule has 0 radical (unpaired) electrons. The maximum absolute atomic E-state index is 11.9. The maximum Gasteiger partial charge on any atom is 0.340 e. The lowest BCUT2D eigenvalue weighted by Crippen LogP contribution is -2.21. The van der Waals surface area contributed by atoms with E-state index < -0.39 is 17.9 Å². The van der Waals surface area contributed by atoms with Crippen LogP contribution >= 0.6 is 0 Å². The van der Waals surface area contributed by atoms with Crippen LogP contribution in [0.4, 0.5) is 0 Å². The number of aromatic hydroxyl groups is 2. The van der Waals surface area contributed by atoms with Gasteiger partial charge in [0.05, 0.1) is 5.92 Å². The van der Waals surface area contributed by atoms with Gasteiger partial charge in [0.15, 0.2) is 11.5 Å². The van der Waals surface area contributed by atoms with Crippen molar-refractivity contribution in [3.05, 3.63) is 72.3 Å². The number of aliphatic hydroxyl groups excluding tert-OH is 1. The van der Waals surface area contributed by atoms with Crippen LogP contribution in [0.15, 0.2) is 66.7 Å². The van der Waals surface area contributed by atoms with E-state index in [0.717, 1.165) is 0 Å². The lowest BCUT2D eigenvalue weighted by atomic mass is 9.96. The molecule has 138 valence electrons. The molecular weight excluding hydrogens is 336 g/mol. The van der Waals surface area contributed by atoms with Crippen LogP contribution < -0.4 is 0 Å². The summed E-state index contributed by atoms with van der Waals surface area (Å²) in [6, 6.07) is 15.1. The highest BCUT2D eigenvalue weighted by molar-refractivity contribution is 5.97. The number of rotatable bonds is 5. The molecule has 0 aliphatic heterocycles. The average molecular weight is 358 g/mol. The molecule has 2 aromatic carbocycles. The van der Waals surface area contributed by atoms with Crippen molar-refractivity contribution >= 4 is 11.9 Å². The van der Waals surface area contributed by atoms with E-state index >= 15 is 0 Å². The van der Waals surface area contributed by atoms with Crippen molar-refractivity contribution in [2.45, 2.75) is 19.3 Å². The van der Waals surface area contributed by atoms with Gasteiger partial charge in [0.25, 0.3) is 0 Å². The molecule has 0 heterocycles. The predicted molar refractivity (Wildman–Crippen MR) is 96.6 cm³/mol. The van der Waals surface area contributed by atoms with E-state index in [1.807, 2.05) is 6.07 Å². The Labute approximate surface area is 152 Å². The standard InChI is InChI=1S/C14H16O4.C6H6O2/c1-10(2)13(16)18-14(17)12(8-9-15)11-6-4-3-5-7-11;7-5-3-1-2-4-6(5)8/h3-7,12,15H,1,8-9H2,2H3;1-4,7-8H. The number of carbonyl (C=O) groups is 2. The number of hydrogen-bond acceptors (Lipinski definition) is 6. The highest BCUT2D eigenvalue weighted by Gasteiger charge is 2.24. The van der Waals surface area contributed by atoms with Gasteiger partial charge in [-0.15, -0.1) is 0 Å². The van der Waals surface area contributed by atoms with Gasteiger partial charge in [-0.05, 0) is 31.0 Å². The third kappa shape index (κ3) is 6.78. The summed E-state index contributed by atoms with van der Waals surface area (Å²) < 4.78 is 4.69. The number of ether oxygens (including phenoxy) is 1. The number of carbonyl (C=O) groups excluding carboxylic acids is 2. The van der Waals surface area contributed by atoms with Gasteiger partial charge in [-0.3, -0.25) is 4.79 Å². The molecule has 26 heavy (non-hydrogen) atoms. The Morgan fingerprint density at radius 3 is 1.92 bits per heavy atom. The monoisotopic (exact) mass is 358 g/mol. The van der Waals surface area contributed by atoms with E-state index in [1.165, 1.54) is 19.1 Å². The average Bonchev–Trinajstić information content (AvgIpc) is 2.63. The fourth-order valence-corrected chi connectivity index (χ4v) is 1.95. The van der Waals surface area contributed by atoms with Crippen LogP contribution in [0.3, 0.4) is 0 Å². The Hall–Kier alpha value is -3.12. The van der Waals surface area contributed by atoms with Crippen molar-refractivity contribution in [3.63, 3.8) is 0 Å². The van der Waals surface area contributed by atoms with Crippen molar-refractivity contribution in [1.29, 1.82) is 0 Å². The molecule has 6 heteroatoms. The topological polar surface area (TPSA) is 104 Å². The molecular formula is C20H22O6. The van der Waals surface area contributed by atoms with Crippen LogP contribution in [0.2, 0.25) is 0 Å². The molecule has 0 amide bonds. The van der Waals surface area contributed by atoms with E-state index in [9.17, 15) is 9.59 Å². The second-order valence-corrected chi connectivity index (χ2v) is 5.45. The quantitative estimate of drug-likeness (QED) is 0.329. The van der Waals surface area contributed by atoms with E-state index in [0.29, 0.717) is 5.56 Å². The van der Waals surface area contributed by atoms with Crippen molar-refractivity contribution in [3.8, 4) is 11.5 Å². The second kappa shape index (κ2) is 10.7. The zero-order valence-corrected chi connectivity index (χ0v) is 14.5. The number of phenols is 2. The van der Waals surface area contributed by atoms with Crippen LogP contribution in [0, 0.1) is 0 Å². The maximum atomic E-state index is 11.9. The SMILES string of the molecule is C=C(C)C(=O)OC(=O)C(CCO)c1ccccc1.Oc1ccccc1O. The van der Waals surface area contributed by atoms with Crippen molar-refractivity contribution < 1.29 is 29.6 Å². The zero-order valence-electron chi connectivity index (χ0n) is 14.5. The molecule has 0 bridgehead atoms. The van der Waals surface area contributed by atoms with Gasteiger partial charge in [0.2, 0.25) is 0 Å². The summed E-state index contributed by atoms with van der Waals surface area (Å²) in [5, 5.41) is 26.3. The Morgan fingerprint density at radius 1 is 1.00 bits per heavy atom. The summed E-state index contributed by atoms with van der Waals surface area (Å²) >= 11 is 0.